The van der Waals surface area contributed by atoms with E-state index in [1.165, 1.54) is 15.7 Å². The molecule has 0 radical (unpaired) electrons. The van der Waals surface area contributed by atoms with E-state index in [4.69, 9.17) is 4.74 Å². The summed E-state index contributed by atoms with van der Waals surface area (Å²) in [5.74, 6) is 0.427. The largest absolute Gasteiger partial charge is 0.432 e. The fourth-order valence-electron chi connectivity index (χ4n) is 1.93. The van der Waals surface area contributed by atoms with Gasteiger partial charge in [0.25, 0.3) is 4.96 Å². The van der Waals surface area contributed by atoms with Crippen molar-refractivity contribution in [1.29, 1.82) is 0 Å². The highest BCUT2D eigenvalue weighted by atomic mass is 32.1. The molecule has 0 aliphatic carbocycles. The summed E-state index contributed by atoms with van der Waals surface area (Å²) in [5, 5.41) is 12.9. The van der Waals surface area contributed by atoms with Gasteiger partial charge in [-0.15, -0.1) is 0 Å². The first-order valence-electron chi connectivity index (χ1n) is 6.05. The van der Waals surface area contributed by atoms with E-state index in [-0.39, 0.29) is 11.7 Å². The SMILES string of the molecule is CCc1cccc(Oc2nc3sccn3c2[N+](=O)[O-])c1. The number of aryl methyl sites for hydroxylation is 1. The predicted octanol–water partition coefficient (Wildman–Crippen LogP) is 3.66. The summed E-state index contributed by atoms with van der Waals surface area (Å²) < 4.78 is 7.01. The molecular formula is C13H11N3O3S. The van der Waals surface area contributed by atoms with Crippen molar-refractivity contribution in [2.24, 2.45) is 0 Å². The van der Waals surface area contributed by atoms with Gasteiger partial charge >= 0.3 is 11.7 Å². The molecule has 0 saturated heterocycles. The lowest BCUT2D eigenvalue weighted by molar-refractivity contribution is -0.391. The number of rotatable bonds is 4. The summed E-state index contributed by atoms with van der Waals surface area (Å²) in [7, 11) is 0. The average molecular weight is 289 g/mol. The van der Waals surface area contributed by atoms with Crippen LogP contribution in [0.1, 0.15) is 12.5 Å². The Morgan fingerprint density at radius 1 is 1.50 bits per heavy atom. The predicted molar refractivity (Wildman–Crippen MR) is 75.6 cm³/mol. The monoisotopic (exact) mass is 289 g/mol. The molecule has 0 amide bonds. The fraction of sp³-hybridized carbons (Fsp3) is 0.154. The van der Waals surface area contributed by atoms with E-state index in [0.29, 0.717) is 10.7 Å². The molecule has 2 heterocycles. The van der Waals surface area contributed by atoms with Gasteiger partial charge in [0.15, 0.2) is 0 Å². The van der Waals surface area contributed by atoms with Gasteiger partial charge in [0.1, 0.15) is 11.9 Å². The molecule has 0 aliphatic rings. The number of fused-ring (bicyclic) bond motifs is 1. The Morgan fingerprint density at radius 3 is 3.10 bits per heavy atom. The zero-order valence-electron chi connectivity index (χ0n) is 10.6. The fourth-order valence-corrected chi connectivity index (χ4v) is 2.63. The van der Waals surface area contributed by atoms with Gasteiger partial charge in [-0.3, -0.25) is 0 Å². The number of hydrogen-bond donors (Lipinski definition) is 0. The van der Waals surface area contributed by atoms with Crippen LogP contribution in [0.2, 0.25) is 0 Å². The molecule has 0 fully saturated rings. The number of nitrogens with zero attached hydrogens (tertiary/aromatic N) is 3. The van der Waals surface area contributed by atoms with Gasteiger partial charge < -0.3 is 14.9 Å². The lowest BCUT2D eigenvalue weighted by Crippen LogP contribution is -1.95. The van der Waals surface area contributed by atoms with Gasteiger partial charge in [-0.05, 0) is 29.0 Å². The first kappa shape index (κ1) is 12.6. The number of thiazole rings is 1. The van der Waals surface area contributed by atoms with Crippen LogP contribution in [0.4, 0.5) is 5.82 Å². The quantitative estimate of drug-likeness (QED) is 0.543. The van der Waals surface area contributed by atoms with Crippen molar-refractivity contribution < 1.29 is 9.66 Å². The summed E-state index contributed by atoms with van der Waals surface area (Å²) in [6, 6.07) is 7.46. The number of benzene rings is 1. The molecule has 0 aliphatic heterocycles. The highest BCUT2D eigenvalue weighted by molar-refractivity contribution is 7.15. The van der Waals surface area contributed by atoms with Crippen LogP contribution in [0, 0.1) is 10.1 Å². The third kappa shape index (κ3) is 2.12. The Morgan fingerprint density at radius 2 is 2.35 bits per heavy atom. The van der Waals surface area contributed by atoms with Gasteiger partial charge in [0, 0.05) is 5.38 Å². The standard InChI is InChI=1S/C13H11N3O3S/c1-2-9-4-3-5-10(8-9)19-11-12(16(17)18)15-6-7-20-13(15)14-11/h3-8H,2H2,1H3. The van der Waals surface area contributed by atoms with E-state index >= 15 is 0 Å². The van der Waals surface area contributed by atoms with E-state index in [2.05, 4.69) is 4.98 Å². The maximum absolute atomic E-state index is 11.2. The van der Waals surface area contributed by atoms with Crippen molar-refractivity contribution in [1.82, 2.24) is 9.38 Å². The van der Waals surface area contributed by atoms with Gasteiger partial charge in [0.2, 0.25) is 0 Å². The highest BCUT2D eigenvalue weighted by Gasteiger charge is 2.25. The topological polar surface area (TPSA) is 69.7 Å². The molecule has 20 heavy (non-hydrogen) atoms. The van der Waals surface area contributed by atoms with Crippen LogP contribution in [0.15, 0.2) is 35.8 Å². The zero-order chi connectivity index (χ0) is 14.1. The lowest BCUT2D eigenvalue weighted by atomic mass is 10.2. The third-order valence-corrected chi connectivity index (χ3v) is 3.66. The number of ether oxygens (including phenoxy) is 1. The van der Waals surface area contributed by atoms with E-state index < -0.39 is 4.92 Å². The first-order valence-corrected chi connectivity index (χ1v) is 6.93. The molecule has 0 N–H and O–H groups in total. The zero-order valence-corrected chi connectivity index (χ0v) is 11.5. The van der Waals surface area contributed by atoms with Gasteiger partial charge in [-0.2, -0.15) is 9.38 Å². The molecule has 1 aromatic carbocycles. The summed E-state index contributed by atoms with van der Waals surface area (Å²) in [6.07, 6.45) is 2.48. The van der Waals surface area contributed by atoms with Crippen LogP contribution in [-0.4, -0.2) is 14.3 Å². The van der Waals surface area contributed by atoms with Crippen molar-refractivity contribution in [3.05, 3.63) is 51.5 Å². The highest BCUT2D eigenvalue weighted by Crippen LogP contribution is 2.33. The van der Waals surface area contributed by atoms with E-state index in [1.54, 1.807) is 17.6 Å². The van der Waals surface area contributed by atoms with Crippen LogP contribution in [-0.2, 0) is 6.42 Å². The number of nitro groups is 1. The van der Waals surface area contributed by atoms with Gasteiger partial charge in [-0.25, -0.2) is 0 Å². The van der Waals surface area contributed by atoms with Gasteiger partial charge in [-0.1, -0.05) is 30.4 Å². The van der Waals surface area contributed by atoms with Gasteiger partial charge in [0.05, 0.1) is 0 Å². The maximum atomic E-state index is 11.2. The van der Waals surface area contributed by atoms with E-state index in [9.17, 15) is 10.1 Å². The Labute approximate surface area is 118 Å². The molecule has 0 spiro atoms. The Bertz CT molecular complexity index is 778. The molecule has 0 bridgehead atoms. The van der Waals surface area contributed by atoms with Crippen LogP contribution in [0.3, 0.4) is 0 Å². The van der Waals surface area contributed by atoms with Crippen LogP contribution in [0.5, 0.6) is 11.6 Å². The number of hydrogen-bond acceptors (Lipinski definition) is 5. The molecule has 102 valence electrons. The number of imidazole rings is 1. The minimum atomic E-state index is -0.480. The molecule has 0 atom stereocenters. The minimum absolute atomic E-state index is 0.0232. The minimum Gasteiger partial charge on any atom is -0.432 e. The smallest absolute Gasteiger partial charge is 0.393 e. The second-order valence-corrected chi connectivity index (χ2v) is 5.03. The molecule has 0 saturated carbocycles. The lowest BCUT2D eigenvalue weighted by Gasteiger charge is -2.04. The Balaban J connectivity index is 2.03. The third-order valence-electron chi connectivity index (χ3n) is 2.90. The van der Waals surface area contributed by atoms with E-state index in [1.807, 2.05) is 25.1 Å². The van der Waals surface area contributed by atoms with Crippen molar-refractivity contribution >= 4 is 22.1 Å². The second kappa shape index (κ2) is 4.93. The molecule has 0 unspecified atom stereocenters. The maximum Gasteiger partial charge on any atom is 0.393 e. The molecular weight excluding hydrogens is 278 g/mol. The first-order chi connectivity index (χ1) is 9.69. The molecule has 2 aromatic heterocycles. The van der Waals surface area contributed by atoms with Crippen LogP contribution in [0.25, 0.3) is 4.96 Å². The summed E-state index contributed by atoms with van der Waals surface area (Å²) in [4.78, 5) is 15.4. The van der Waals surface area contributed by atoms with Crippen LogP contribution >= 0.6 is 11.3 Å². The molecule has 3 rings (SSSR count). The second-order valence-electron chi connectivity index (χ2n) is 4.16. The summed E-state index contributed by atoms with van der Waals surface area (Å²) in [6.45, 7) is 2.04. The van der Waals surface area contributed by atoms with Crippen LogP contribution < -0.4 is 4.74 Å². The molecule has 7 heteroatoms. The van der Waals surface area contributed by atoms with E-state index in [0.717, 1.165) is 12.0 Å². The summed E-state index contributed by atoms with van der Waals surface area (Å²) in [5.41, 5.74) is 1.10. The Hall–Kier alpha value is -2.41. The van der Waals surface area contributed by atoms with Crippen molar-refractivity contribution in [2.75, 3.05) is 0 Å². The van der Waals surface area contributed by atoms with Crippen molar-refractivity contribution in [3.63, 3.8) is 0 Å². The normalized spacial score (nSPS) is 10.8. The number of aromatic nitrogens is 2. The Kier molecular flexibility index (Phi) is 3.11. The van der Waals surface area contributed by atoms with Crippen molar-refractivity contribution in [3.8, 4) is 11.6 Å². The summed E-state index contributed by atoms with van der Waals surface area (Å²) >= 11 is 1.33. The molecule has 3 aromatic rings. The molecule has 6 nitrogen and oxygen atoms in total. The van der Waals surface area contributed by atoms with Crippen molar-refractivity contribution in [2.45, 2.75) is 13.3 Å². The average Bonchev–Trinajstić information content (AvgIpc) is 2.98.